The molecular weight excluding hydrogens is 403 g/mol. The molecular formula is C20H22Cl2N2O2S. The summed E-state index contributed by atoms with van der Waals surface area (Å²) in [6.07, 6.45) is 0. The first-order chi connectivity index (χ1) is 12.8. The van der Waals surface area contributed by atoms with Crippen LogP contribution in [0.5, 0.6) is 0 Å². The van der Waals surface area contributed by atoms with Gasteiger partial charge in [-0.2, -0.15) is 0 Å². The minimum atomic E-state index is -0.287. The van der Waals surface area contributed by atoms with Gasteiger partial charge in [-0.15, -0.1) is 11.8 Å². The van der Waals surface area contributed by atoms with Gasteiger partial charge in [-0.05, 0) is 50.6 Å². The van der Waals surface area contributed by atoms with E-state index in [-0.39, 0.29) is 29.7 Å². The van der Waals surface area contributed by atoms with Crippen molar-refractivity contribution in [3.8, 4) is 0 Å². The number of thioether (sulfide) groups is 1. The summed E-state index contributed by atoms with van der Waals surface area (Å²) >= 11 is 13.5. The van der Waals surface area contributed by atoms with Crippen LogP contribution in [0.1, 0.15) is 42.7 Å². The van der Waals surface area contributed by atoms with Crippen molar-refractivity contribution in [2.24, 2.45) is 0 Å². The van der Waals surface area contributed by atoms with E-state index in [2.05, 4.69) is 10.6 Å². The summed E-state index contributed by atoms with van der Waals surface area (Å²) in [4.78, 5) is 25.4. The summed E-state index contributed by atoms with van der Waals surface area (Å²) in [7, 11) is 0. The van der Waals surface area contributed by atoms with Gasteiger partial charge in [0.1, 0.15) is 0 Å². The van der Waals surface area contributed by atoms with Crippen molar-refractivity contribution in [2.75, 3.05) is 5.75 Å². The fraction of sp³-hybridized carbons (Fsp3) is 0.300. The van der Waals surface area contributed by atoms with Gasteiger partial charge >= 0.3 is 0 Å². The molecule has 27 heavy (non-hydrogen) atoms. The van der Waals surface area contributed by atoms with Crippen LogP contribution in [0.2, 0.25) is 10.0 Å². The Labute approximate surface area is 174 Å². The zero-order valence-electron chi connectivity index (χ0n) is 15.4. The monoisotopic (exact) mass is 424 g/mol. The van der Waals surface area contributed by atoms with E-state index < -0.39 is 0 Å². The summed E-state index contributed by atoms with van der Waals surface area (Å²) in [6, 6.07) is 12.2. The first kappa shape index (κ1) is 21.6. The van der Waals surface area contributed by atoms with Crippen LogP contribution in [-0.4, -0.2) is 23.6 Å². The summed E-state index contributed by atoms with van der Waals surface area (Å²) in [5, 5.41) is 6.84. The normalized spacial score (nSPS) is 11.9. The van der Waals surface area contributed by atoms with Gasteiger partial charge in [0.25, 0.3) is 5.91 Å². The summed E-state index contributed by atoms with van der Waals surface area (Å²) in [5.41, 5.74) is 1.31. The average Bonchev–Trinajstić information content (AvgIpc) is 2.59. The van der Waals surface area contributed by atoms with Gasteiger partial charge in [0, 0.05) is 21.0 Å². The van der Waals surface area contributed by atoms with Gasteiger partial charge in [0.15, 0.2) is 0 Å². The highest BCUT2D eigenvalue weighted by molar-refractivity contribution is 8.00. The Morgan fingerprint density at radius 2 is 1.74 bits per heavy atom. The van der Waals surface area contributed by atoms with E-state index in [0.29, 0.717) is 15.6 Å². The molecule has 0 heterocycles. The molecule has 0 aromatic heterocycles. The van der Waals surface area contributed by atoms with E-state index in [9.17, 15) is 9.59 Å². The van der Waals surface area contributed by atoms with E-state index in [1.165, 1.54) is 11.8 Å². The van der Waals surface area contributed by atoms with Crippen molar-refractivity contribution in [3.63, 3.8) is 0 Å². The average molecular weight is 425 g/mol. The SMILES string of the molecule is CC(C)NC(=O)CSc1ccccc1C(=O)N[C@@H](C)c1ccc(Cl)cc1Cl. The molecule has 0 fully saturated rings. The topological polar surface area (TPSA) is 58.2 Å². The minimum absolute atomic E-state index is 0.0634. The predicted molar refractivity (Wildman–Crippen MR) is 113 cm³/mol. The van der Waals surface area contributed by atoms with Gasteiger partial charge in [0.2, 0.25) is 5.91 Å². The van der Waals surface area contributed by atoms with Crippen molar-refractivity contribution in [2.45, 2.75) is 37.8 Å². The van der Waals surface area contributed by atoms with Gasteiger partial charge in [-0.1, -0.05) is 41.4 Å². The highest BCUT2D eigenvalue weighted by Crippen LogP contribution is 2.27. The molecule has 0 aliphatic heterocycles. The minimum Gasteiger partial charge on any atom is -0.353 e. The molecule has 2 rings (SSSR count). The van der Waals surface area contributed by atoms with E-state index in [4.69, 9.17) is 23.2 Å². The molecule has 1 atom stereocenters. The van der Waals surface area contributed by atoms with Crippen LogP contribution in [0.15, 0.2) is 47.4 Å². The Morgan fingerprint density at radius 3 is 2.41 bits per heavy atom. The fourth-order valence-corrected chi connectivity index (χ4v) is 3.92. The van der Waals surface area contributed by atoms with E-state index in [0.717, 1.165) is 10.5 Å². The van der Waals surface area contributed by atoms with E-state index in [1.54, 1.807) is 30.3 Å². The van der Waals surface area contributed by atoms with Crippen LogP contribution in [0.3, 0.4) is 0 Å². The molecule has 0 aliphatic rings. The molecule has 0 bridgehead atoms. The molecule has 0 unspecified atom stereocenters. The Morgan fingerprint density at radius 1 is 1.04 bits per heavy atom. The summed E-state index contributed by atoms with van der Waals surface area (Å²) in [6.45, 7) is 5.68. The highest BCUT2D eigenvalue weighted by Gasteiger charge is 2.17. The zero-order chi connectivity index (χ0) is 20.0. The number of nitrogens with one attached hydrogen (secondary N) is 2. The molecule has 0 radical (unpaired) electrons. The van der Waals surface area contributed by atoms with Crippen LogP contribution in [0.25, 0.3) is 0 Å². The number of hydrogen-bond donors (Lipinski definition) is 2. The largest absolute Gasteiger partial charge is 0.353 e. The number of benzene rings is 2. The molecule has 144 valence electrons. The van der Waals surface area contributed by atoms with E-state index >= 15 is 0 Å². The summed E-state index contributed by atoms with van der Waals surface area (Å²) < 4.78 is 0. The zero-order valence-corrected chi connectivity index (χ0v) is 17.7. The first-order valence-electron chi connectivity index (χ1n) is 8.55. The van der Waals surface area contributed by atoms with Crippen LogP contribution in [0.4, 0.5) is 0 Å². The van der Waals surface area contributed by atoms with Crippen molar-refractivity contribution < 1.29 is 9.59 Å². The summed E-state index contributed by atoms with van der Waals surface area (Å²) in [5.74, 6) is -0.0338. The van der Waals surface area contributed by atoms with Crippen LogP contribution in [0, 0.1) is 0 Å². The molecule has 2 N–H and O–H groups in total. The molecule has 0 saturated heterocycles. The number of rotatable bonds is 7. The van der Waals surface area contributed by atoms with E-state index in [1.807, 2.05) is 32.9 Å². The molecule has 0 spiro atoms. The third kappa shape index (κ3) is 6.45. The van der Waals surface area contributed by atoms with Crippen molar-refractivity contribution in [1.82, 2.24) is 10.6 Å². The van der Waals surface area contributed by atoms with Crippen LogP contribution < -0.4 is 10.6 Å². The maximum atomic E-state index is 12.8. The van der Waals surface area contributed by atoms with Crippen LogP contribution in [-0.2, 0) is 4.79 Å². The smallest absolute Gasteiger partial charge is 0.252 e. The first-order valence-corrected chi connectivity index (χ1v) is 10.3. The molecule has 2 aromatic carbocycles. The molecule has 0 saturated carbocycles. The Balaban J connectivity index is 2.08. The van der Waals surface area contributed by atoms with Crippen LogP contribution >= 0.6 is 35.0 Å². The van der Waals surface area contributed by atoms with Crippen molar-refractivity contribution in [3.05, 3.63) is 63.6 Å². The number of amides is 2. The molecule has 7 heteroatoms. The lowest BCUT2D eigenvalue weighted by Gasteiger charge is -2.17. The second-order valence-corrected chi connectivity index (χ2v) is 8.23. The number of carbonyl (C=O) groups excluding carboxylic acids is 2. The number of hydrogen-bond acceptors (Lipinski definition) is 3. The lowest BCUT2D eigenvalue weighted by Crippen LogP contribution is -2.31. The maximum absolute atomic E-state index is 12.8. The highest BCUT2D eigenvalue weighted by atomic mass is 35.5. The van der Waals surface area contributed by atoms with Crippen molar-refractivity contribution >= 4 is 46.8 Å². The fourth-order valence-electron chi connectivity index (χ4n) is 2.49. The third-order valence-corrected chi connectivity index (χ3v) is 5.35. The Hall–Kier alpha value is -1.69. The predicted octanol–water partition coefficient (Wildman–Crippen LogP) is 5.10. The molecule has 2 amide bonds. The lowest BCUT2D eigenvalue weighted by molar-refractivity contribution is -0.119. The number of halogens is 2. The molecule has 2 aromatic rings. The standard InChI is InChI=1S/C20H22Cl2N2O2S/c1-12(2)23-19(25)11-27-18-7-5-4-6-16(18)20(26)24-13(3)15-9-8-14(21)10-17(15)22/h4-10,12-13H,11H2,1-3H3,(H,23,25)(H,24,26)/t13-/m0/s1. The van der Waals surface area contributed by atoms with Gasteiger partial charge < -0.3 is 10.6 Å². The molecule has 4 nitrogen and oxygen atoms in total. The maximum Gasteiger partial charge on any atom is 0.252 e. The Kier molecular flexibility index (Phi) is 8.02. The van der Waals surface area contributed by atoms with Gasteiger partial charge in [0.05, 0.1) is 17.4 Å². The number of carbonyl (C=O) groups is 2. The quantitative estimate of drug-likeness (QED) is 0.607. The van der Waals surface area contributed by atoms with Gasteiger partial charge in [-0.25, -0.2) is 0 Å². The third-order valence-electron chi connectivity index (χ3n) is 3.72. The molecule has 0 aliphatic carbocycles. The van der Waals surface area contributed by atoms with Crippen molar-refractivity contribution in [1.29, 1.82) is 0 Å². The Bertz CT molecular complexity index is 827. The van der Waals surface area contributed by atoms with Gasteiger partial charge in [-0.3, -0.25) is 9.59 Å². The second kappa shape index (κ2) is 10.0. The second-order valence-electron chi connectivity index (χ2n) is 6.37. The lowest BCUT2D eigenvalue weighted by atomic mass is 10.1.